The summed E-state index contributed by atoms with van der Waals surface area (Å²) in [5.41, 5.74) is 1.10. The Hall–Kier alpha value is -0.100. The van der Waals surface area contributed by atoms with Crippen molar-refractivity contribution >= 4 is 28.3 Å². The van der Waals surface area contributed by atoms with Crippen molar-refractivity contribution in [1.29, 1.82) is 0 Å². The average molecular weight is 295 g/mol. The molecule has 2 aliphatic heterocycles. The van der Waals surface area contributed by atoms with E-state index in [0.29, 0.717) is 0 Å². The van der Waals surface area contributed by atoms with Crippen LogP contribution in [-0.2, 0) is 16.9 Å². The third kappa shape index (κ3) is 1.71. The van der Waals surface area contributed by atoms with Crippen LogP contribution >= 0.6 is 28.3 Å². The van der Waals surface area contributed by atoms with Crippen molar-refractivity contribution in [2.45, 2.75) is 18.6 Å². The van der Waals surface area contributed by atoms with Gasteiger partial charge in [-0.1, -0.05) is 0 Å². The van der Waals surface area contributed by atoms with E-state index >= 15 is 0 Å². The van der Waals surface area contributed by atoms with Crippen molar-refractivity contribution in [3.05, 3.63) is 16.4 Å². The molecule has 1 saturated heterocycles. The number of hydrogen-bond acceptors (Lipinski definition) is 3. The largest absolute Gasteiger partial charge is 0.365 e. The molecule has 1 aromatic rings. The number of nitrogens with one attached hydrogen (secondary N) is 1. The van der Waals surface area contributed by atoms with Crippen LogP contribution in [0.5, 0.6) is 0 Å². The van der Waals surface area contributed by atoms with Gasteiger partial charge in [0.05, 0.1) is 18.8 Å². The van der Waals surface area contributed by atoms with Gasteiger partial charge in [0.2, 0.25) is 0 Å². The van der Waals surface area contributed by atoms with Crippen LogP contribution in [-0.4, -0.2) is 29.5 Å². The van der Waals surface area contributed by atoms with Gasteiger partial charge in [-0.3, -0.25) is 4.68 Å². The maximum atomic E-state index is 5.92. The third-order valence-electron chi connectivity index (χ3n) is 3.01. The topological polar surface area (TPSA) is 39.1 Å². The summed E-state index contributed by atoms with van der Waals surface area (Å²) in [5.74, 6) is 0. The second-order valence-electron chi connectivity index (χ2n) is 3.84. The summed E-state index contributed by atoms with van der Waals surface area (Å²) < 4.78 is 8.88. The highest BCUT2D eigenvalue weighted by molar-refractivity contribution is 9.10. The molecule has 0 unspecified atom stereocenters. The summed E-state index contributed by atoms with van der Waals surface area (Å²) >= 11 is 3.41. The Kier molecular flexibility index (Phi) is 3.07. The molecule has 3 rings (SSSR count). The smallest absolute Gasteiger partial charge is 0.128 e. The summed E-state index contributed by atoms with van der Waals surface area (Å²) in [6, 6.07) is 2.08. The van der Waals surface area contributed by atoms with E-state index in [9.17, 15) is 0 Å². The second-order valence-corrected chi connectivity index (χ2v) is 4.66. The molecule has 0 amide bonds. The summed E-state index contributed by atoms with van der Waals surface area (Å²) in [7, 11) is 0. The minimum Gasteiger partial charge on any atom is -0.365 e. The van der Waals surface area contributed by atoms with E-state index in [2.05, 4.69) is 37.1 Å². The monoisotopic (exact) mass is 293 g/mol. The Morgan fingerprint density at radius 3 is 3.20 bits per heavy atom. The van der Waals surface area contributed by atoms with Gasteiger partial charge < -0.3 is 10.1 Å². The molecular formula is C9H13BrClN3O. The first-order valence-electron chi connectivity index (χ1n) is 4.89. The number of fused-ring (bicyclic) bond motifs is 2. The van der Waals surface area contributed by atoms with Crippen molar-refractivity contribution < 1.29 is 4.74 Å². The van der Waals surface area contributed by atoms with E-state index < -0.39 is 0 Å². The van der Waals surface area contributed by atoms with Gasteiger partial charge in [-0.15, -0.1) is 12.4 Å². The Bertz CT molecular complexity index is 362. The lowest BCUT2D eigenvalue weighted by atomic mass is 9.97. The fourth-order valence-electron chi connectivity index (χ4n) is 2.33. The molecule has 1 spiro atoms. The van der Waals surface area contributed by atoms with Crippen molar-refractivity contribution in [1.82, 2.24) is 15.1 Å². The van der Waals surface area contributed by atoms with Gasteiger partial charge >= 0.3 is 0 Å². The number of nitrogens with zero attached hydrogens (tertiary/aromatic N) is 2. The molecular weight excluding hydrogens is 281 g/mol. The van der Waals surface area contributed by atoms with Gasteiger partial charge in [0.15, 0.2) is 0 Å². The van der Waals surface area contributed by atoms with E-state index in [0.717, 1.165) is 37.3 Å². The predicted octanol–water partition coefficient (Wildman–Crippen LogP) is 1.29. The van der Waals surface area contributed by atoms with Crippen molar-refractivity contribution in [2.24, 2.45) is 0 Å². The quantitative estimate of drug-likeness (QED) is 0.784. The molecule has 0 aliphatic carbocycles. The van der Waals surface area contributed by atoms with Gasteiger partial charge in [0.25, 0.3) is 0 Å². The summed E-state index contributed by atoms with van der Waals surface area (Å²) in [6.45, 7) is 3.57. The molecule has 1 N–H and O–H groups in total. The zero-order valence-corrected chi connectivity index (χ0v) is 10.6. The van der Waals surface area contributed by atoms with E-state index in [1.54, 1.807) is 0 Å². The third-order valence-corrected chi connectivity index (χ3v) is 3.40. The van der Waals surface area contributed by atoms with Crippen LogP contribution < -0.4 is 5.32 Å². The van der Waals surface area contributed by atoms with Crippen LogP contribution in [0.25, 0.3) is 0 Å². The molecule has 15 heavy (non-hydrogen) atoms. The first-order chi connectivity index (χ1) is 6.80. The van der Waals surface area contributed by atoms with Gasteiger partial charge in [0.1, 0.15) is 10.2 Å². The first kappa shape index (κ1) is 11.4. The number of ether oxygens (including phenoxy) is 1. The number of halogens is 2. The summed E-state index contributed by atoms with van der Waals surface area (Å²) in [4.78, 5) is 0. The highest BCUT2D eigenvalue weighted by atomic mass is 79.9. The molecule has 84 valence electrons. The molecule has 6 heteroatoms. The van der Waals surface area contributed by atoms with Crippen LogP contribution in [0.3, 0.4) is 0 Å². The Morgan fingerprint density at radius 2 is 2.47 bits per heavy atom. The molecule has 0 bridgehead atoms. The molecule has 1 aromatic heterocycles. The van der Waals surface area contributed by atoms with Crippen LogP contribution in [0.2, 0.25) is 0 Å². The van der Waals surface area contributed by atoms with Gasteiger partial charge in [-0.05, 0) is 35.0 Å². The zero-order chi connectivity index (χ0) is 9.60. The van der Waals surface area contributed by atoms with Crippen LogP contribution in [0, 0.1) is 0 Å². The highest BCUT2D eigenvalue weighted by Crippen LogP contribution is 2.35. The van der Waals surface area contributed by atoms with E-state index in [1.807, 2.05) is 0 Å². The lowest BCUT2D eigenvalue weighted by molar-refractivity contribution is -0.0657. The molecule has 0 saturated carbocycles. The molecule has 2 aliphatic rings. The zero-order valence-electron chi connectivity index (χ0n) is 8.20. The minimum atomic E-state index is -0.114. The maximum absolute atomic E-state index is 5.92. The Labute approximate surface area is 103 Å². The summed E-state index contributed by atoms with van der Waals surface area (Å²) in [5, 5.41) is 7.75. The lowest BCUT2D eigenvalue weighted by Gasteiger charge is -2.33. The van der Waals surface area contributed by atoms with Crippen LogP contribution in [0.1, 0.15) is 12.1 Å². The van der Waals surface area contributed by atoms with E-state index in [-0.39, 0.29) is 18.0 Å². The number of rotatable bonds is 0. The molecule has 3 heterocycles. The van der Waals surface area contributed by atoms with E-state index in [4.69, 9.17) is 4.74 Å². The molecule has 0 radical (unpaired) electrons. The number of aromatic nitrogens is 2. The standard InChI is InChI=1S/C9H12BrN3O.ClH/c10-8-5-7-9(1-2-11-6-9)14-4-3-13(7)12-8;/h5,11H,1-4,6H2;1H/t9-;/m0./s1. The van der Waals surface area contributed by atoms with Crippen LogP contribution in [0.4, 0.5) is 0 Å². The minimum absolute atomic E-state index is 0. The maximum Gasteiger partial charge on any atom is 0.128 e. The Morgan fingerprint density at radius 1 is 1.60 bits per heavy atom. The van der Waals surface area contributed by atoms with Crippen LogP contribution in [0.15, 0.2) is 10.7 Å². The molecule has 0 aromatic carbocycles. The van der Waals surface area contributed by atoms with Crippen molar-refractivity contribution in [3.63, 3.8) is 0 Å². The van der Waals surface area contributed by atoms with Gasteiger partial charge in [-0.25, -0.2) is 0 Å². The fraction of sp³-hybridized carbons (Fsp3) is 0.667. The Balaban J connectivity index is 0.000000853. The van der Waals surface area contributed by atoms with Crippen molar-refractivity contribution in [3.8, 4) is 0 Å². The normalized spacial score (nSPS) is 28.9. The highest BCUT2D eigenvalue weighted by Gasteiger charge is 2.41. The van der Waals surface area contributed by atoms with E-state index in [1.165, 1.54) is 5.69 Å². The van der Waals surface area contributed by atoms with Crippen molar-refractivity contribution in [2.75, 3.05) is 19.7 Å². The van der Waals surface area contributed by atoms with Gasteiger partial charge in [0, 0.05) is 6.54 Å². The molecule has 1 atom stereocenters. The average Bonchev–Trinajstić information content (AvgIpc) is 2.74. The fourth-order valence-corrected chi connectivity index (χ4v) is 2.74. The summed E-state index contributed by atoms with van der Waals surface area (Å²) in [6.07, 6.45) is 1.05. The first-order valence-corrected chi connectivity index (χ1v) is 5.68. The lowest BCUT2D eigenvalue weighted by Crippen LogP contribution is -2.40. The number of hydrogen-bond donors (Lipinski definition) is 1. The second kappa shape index (κ2) is 4.05. The molecule has 4 nitrogen and oxygen atoms in total. The predicted molar refractivity (Wildman–Crippen MR) is 62.3 cm³/mol. The van der Waals surface area contributed by atoms with Gasteiger partial charge in [-0.2, -0.15) is 5.10 Å². The SMILES string of the molecule is Brc1cc2n(n1)CCO[C@]21CCNC1.Cl. The molecule has 1 fully saturated rings.